The van der Waals surface area contributed by atoms with Gasteiger partial charge in [0.25, 0.3) is 0 Å². The highest BCUT2D eigenvalue weighted by Gasteiger charge is 1.93. The largest absolute Gasteiger partial charge is 0.120 e. The fraction of sp³-hybridized carbons (Fsp3) is 0.600. The van der Waals surface area contributed by atoms with Crippen molar-refractivity contribution in [2.75, 3.05) is 0 Å². The summed E-state index contributed by atoms with van der Waals surface area (Å²) in [4.78, 5) is 0. The molecule has 2 heteroatoms. The second kappa shape index (κ2) is 4.42. The predicted molar refractivity (Wildman–Crippen MR) is 38.1 cm³/mol. The number of rotatable bonds is 2. The van der Waals surface area contributed by atoms with Gasteiger partial charge in [-0.05, 0) is 11.7 Å². The molecule has 0 aromatic carbocycles. The summed E-state index contributed by atoms with van der Waals surface area (Å²) in [5.41, 5.74) is 0. The van der Waals surface area contributed by atoms with Gasteiger partial charge in [0.15, 0.2) is 0 Å². The zero-order valence-electron chi connectivity index (χ0n) is 4.18. The van der Waals surface area contributed by atoms with Crippen molar-refractivity contribution in [1.29, 1.82) is 0 Å². The van der Waals surface area contributed by atoms with Crippen molar-refractivity contribution in [1.82, 2.24) is 0 Å². The monoisotopic (exact) mass is 131 g/mol. The molecule has 0 aliphatic heterocycles. The first kappa shape index (κ1) is 7.26. The normalized spacial score (nSPS) is 12.7. The summed E-state index contributed by atoms with van der Waals surface area (Å²) in [5, 5.41) is 0.444. The third kappa shape index (κ3) is 4.11. The molecule has 0 N–H and O–H groups in total. The Morgan fingerprint density at radius 2 is 2.57 bits per heavy atom. The molecule has 0 fully saturated rings. The minimum atomic E-state index is 0.444. The van der Waals surface area contributed by atoms with Crippen molar-refractivity contribution in [2.24, 2.45) is 0 Å². The van der Waals surface area contributed by atoms with E-state index in [1.54, 1.807) is 0 Å². The van der Waals surface area contributed by atoms with Crippen LogP contribution in [0.25, 0.3) is 0 Å². The van der Waals surface area contributed by atoms with E-state index in [1.165, 1.54) is 10.8 Å². The predicted octanol–water partition coefficient (Wildman–Crippen LogP) is 2.24. The molecule has 7 heavy (non-hydrogen) atoms. The summed E-state index contributed by atoms with van der Waals surface area (Å²) in [6.45, 7) is 2.03. The van der Waals surface area contributed by atoms with Crippen molar-refractivity contribution in [3.05, 3.63) is 0 Å². The van der Waals surface area contributed by atoms with Crippen LogP contribution in [0.3, 0.4) is 0 Å². The Morgan fingerprint density at radius 1 is 2.00 bits per heavy atom. The maximum atomic E-state index is 5.00. The molecule has 0 amide bonds. The molecule has 0 spiro atoms. The lowest BCUT2D eigenvalue weighted by molar-refractivity contribution is 1.02. The topological polar surface area (TPSA) is 0 Å². The summed E-state index contributed by atoms with van der Waals surface area (Å²) in [5.74, 6) is 2.53. The van der Waals surface area contributed by atoms with E-state index in [4.69, 9.17) is 6.42 Å². The highest BCUT2D eigenvalue weighted by molar-refractivity contribution is 8.68. The first-order valence-electron chi connectivity index (χ1n) is 2.03. The molecule has 0 aliphatic rings. The number of hydrogen-bond acceptors (Lipinski definition) is 1. The number of hydrogen-bond donors (Lipinski definition) is 0. The Kier molecular flexibility index (Phi) is 4.58. The summed E-state index contributed by atoms with van der Waals surface area (Å²) >= 11 is 4.66. The van der Waals surface area contributed by atoms with E-state index < -0.39 is 0 Å². The van der Waals surface area contributed by atoms with E-state index >= 15 is 0 Å². The van der Waals surface area contributed by atoms with Gasteiger partial charge in [0.05, 0.1) is 0 Å². The molecule has 1 radical (unpaired) electrons. The zero-order valence-corrected chi connectivity index (χ0v) is 5.81. The third-order valence-electron chi connectivity index (χ3n) is 0.570. The quantitative estimate of drug-likeness (QED) is 0.409. The minimum absolute atomic E-state index is 0.444. The van der Waals surface area contributed by atoms with Crippen LogP contribution < -0.4 is 0 Å². The van der Waals surface area contributed by atoms with Gasteiger partial charge in [0.1, 0.15) is 0 Å². The van der Waals surface area contributed by atoms with Gasteiger partial charge in [-0.3, -0.25) is 0 Å². The average molecular weight is 131 g/mol. The minimum Gasteiger partial charge on any atom is -0.120 e. The Hall–Kier alpha value is 0.260. The molecule has 1 atom stereocenters. The molecule has 0 nitrogen and oxygen atoms in total. The average Bonchev–Trinajstić information content (AvgIpc) is 1.68. The van der Waals surface area contributed by atoms with Crippen molar-refractivity contribution < 1.29 is 0 Å². The first-order chi connectivity index (χ1) is 3.31. The van der Waals surface area contributed by atoms with Crippen LogP contribution in [0.15, 0.2) is 0 Å². The van der Waals surface area contributed by atoms with E-state index in [9.17, 15) is 0 Å². The van der Waals surface area contributed by atoms with Gasteiger partial charge in [-0.15, -0.1) is 12.3 Å². The van der Waals surface area contributed by atoms with Crippen LogP contribution in [0.4, 0.5) is 0 Å². The maximum absolute atomic E-state index is 5.00. The summed E-state index contributed by atoms with van der Waals surface area (Å²) in [7, 11) is 1.39. The van der Waals surface area contributed by atoms with Crippen molar-refractivity contribution >= 4 is 22.5 Å². The molecule has 39 valence electrons. The summed E-state index contributed by atoms with van der Waals surface area (Å²) < 4.78 is 0. The Bertz CT molecular complexity index is 72.6. The van der Waals surface area contributed by atoms with Gasteiger partial charge >= 0.3 is 0 Å². The van der Waals surface area contributed by atoms with Crippen LogP contribution in [-0.4, -0.2) is 5.25 Å². The van der Waals surface area contributed by atoms with Crippen LogP contribution in [0, 0.1) is 12.3 Å². The smallest absolute Gasteiger partial charge is 0.0241 e. The molecule has 0 saturated heterocycles. The standard InChI is InChI=1S/C5H7S2/c1-3-4-5(2)7-6/h1,5H,4H2,2H3. The van der Waals surface area contributed by atoms with Crippen LogP contribution in [0.5, 0.6) is 0 Å². The molecule has 1 unspecified atom stereocenters. The fourth-order valence-corrected chi connectivity index (χ4v) is 0.568. The van der Waals surface area contributed by atoms with Crippen LogP contribution in [0.2, 0.25) is 0 Å². The first-order valence-corrected chi connectivity index (χ1v) is 3.83. The Balaban J connectivity index is 3.03. The molecule has 0 heterocycles. The second-order valence-corrected chi connectivity index (χ2v) is 2.89. The molecular weight excluding hydrogens is 124 g/mol. The van der Waals surface area contributed by atoms with Crippen molar-refractivity contribution in [3.63, 3.8) is 0 Å². The van der Waals surface area contributed by atoms with Gasteiger partial charge in [-0.1, -0.05) is 17.7 Å². The highest BCUT2D eigenvalue weighted by Crippen LogP contribution is 2.15. The van der Waals surface area contributed by atoms with E-state index in [2.05, 4.69) is 17.6 Å². The Morgan fingerprint density at radius 3 is 2.71 bits per heavy atom. The second-order valence-electron chi connectivity index (χ2n) is 1.32. The molecular formula is C5H7S2. The van der Waals surface area contributed by atoms with Gasteiger partial charge in [-0.2, -0.15) is 0 Å². The van der Waals surface area contributed by atoms with Crippen LogP contribution in [0.1, 0.15) is 13.3 Å². The Labute approximate surface area is 53.9 Å². The lowest BCUT2D eigenvalue weighted by Crippen LogP contribution is -1.87. The van der Waals surface area contributed by atoms with Gasteiger partial charge in [0, 0.05) is 11.7 Å². The van der Waals surface area contributed by atoms with Crippen molar-refractivity contribution in [3.8, 4) is 12.3 Å². The third-order valence-corrected chi connectivity index (χ3v) is 2.05. The summed E-state index contributed by atoms with van der Waals surface area (Å²) in [6.07, 6.45) is 5.78. The molecule has 0 rings (SSSR count). The van der Waals surface area contributed by atoms with Crippen molar-refractivity contribution in [2.45, 2.75) is 18.6 Å². The van der Waals surface area contributed by atoms with E-state index in [0.29, 0.717) is 5.25 Å². The molecule has 0 aromatic heterocycles. The molecule has 0 bridgehead atoms. The van der Waals surface area contributed by atoms with E-state index in [1.807, 2.05) is 6.92 Å². The highest BCUT2D eigenvalue weighted by atomic mass is 33.1. The zero-order chi connectivity index (χ0) is 5.70. The van der Waals surface area contributed by atoms with Gasteiger partial charge in [0.2, 0.25) is 0 Å². The van der Waals surface area contributed by atoms with Gasteiger partial charge < -0.3 is 0 Å². The SMILES string of the molecule is C#CCC(C)S[S]. The number of terminal acetylenes is 1. The molecule has 0 aliphatic carbocycles. The van der Waals surface area contributed by atoms with Crippen LogP contribution >= 0.6 is 22.5 Å². The lowest BCUT2D eigenvalue weighted by atomic mass is 10.3. The maximum Gasteiger partial charge on any atom is 0.0241 e. The summed E-state index contributed by atoms with van der Waals surface area (Å²) in [6, 6.07) is 0. The van der Waals surface area contributed by atoms with Gasteiger partial charge in [-0.25, -0.2) is 0 Å². The van der Waals surface area contributed by atoms with Crippen LogP contribution in [-0.2, 0) is 0 Å². The fourth-order valence-electron chi connectivity index (χ4n) is 0.200. The lowest BCUT2D eigenvalue weighted by Gasteiger charge is -1.96. The van der Waals surface area contributed by atoms with E-state index in [0.717, 1.165) is 6.42 Å². The molecule has 0 aromatic rings. The van der Waals surface area contributed by atoms with E-state index in [-0.39, 0.29) is 0 Å². The molecule has 0 saturated carbocycles.